The molecule has 0 aliphatic rings. The molecule has 0 aliphatic heterocycles. The molecule has 0 saturated heterocycles. The minimum Gasteiger partial charge on any atom is -0.504 e. The quantitative estimate of drug-likeness (QED) is 0.245. The summed E-state index contributed by atoms with van der Waals surface area (Å²) in [5, 5.41) is 39.8. The van der Waals surface area contributed by atoms with Crippen molar-refractivity contribution >= 4 is 22.7 Å². The van der Waals surface area contributed by atoms with Crippen LogP contribution in [0, 0.1) is 0 Å². The first kappa shape index (κ1) is 22.3. The zero-order valence-electron chi connectivity index (χ0n) is 17.6. The van der Waals surface area contributed by atoms with Crippen molar-refractivity contribution in [1.29, 1.82) is 0 Å². The van der Waals surface area contributed by atoms with Crippen LogP contribution in [0.4, 0.5) is 0 Å². The normalized spacial score (nSPS) is 12.2. The van der Waals surface area contributed by atoms with E-state index in [0.29, 0.717) is 29.3 Å². The fourth-order valence-electron chi connectivity index (χ4n) is 3.95. The Morgan fingerprint density at radius 3 is 2.45 bits per heavy atom. The number of nitrogens with one attached hydrogen (secondary N) is 1. The average Bonchev–Trinajstić information content (AvgIpc) is 3.40. The molecule has 5 N–H and O–H groups in total. The Morgan fingerprint density at radius 2 is 1.76 bits per heavy atom. The molecule has 2 aromatic heterocycles. The van der Waals surface area contributed by atoms with Crippen LogP contribution in [0.15, 0.2) is 59.1 Å². The minimum absolute atomic E-state index is 0.0511. The van der Waals surface area contributed by atoms with Crippen molar-refractivity contribution in [3.8, 4) is 16.9 Å². The predicted octanol–water partition coefficient (Wildman–Crippen LogP) is 3.74. The second-order valence-electron chi connectivity index (χ2n) is 7.73. The van der Waals surface area contributed by atoms with Crippen LogP contribution in [-0.2, 0) is 6.42 Å². The average molecular weight is 449 g/mol. The van der Waals surface area contributed by atoms with Gasteiger partial charge in [0.05, 0.1) is 17.2 Å². The molecule has 1 unspecified atom stereocenters. The molecule has 1 atom stereocenters. The Hall–Kier alpha value is -3.88. The number of aryl methyl sites for hydroxylation is 1. The van der Waals surface area contributed by atoms with Gasteiger partial charge in [0.2, 0.25) is 17.3 Å². The van der Waals surface area contributed by atoms with Crippen LogP contribution >= 0.6 is 0 Å². The number of benzene rings is 2. The number of aromatic carboxylic acids is 1. The Kier molecular flexibility index (Phi) is 6.30. The van der Waals surface area contributed by atoms with E-state index in [1.54, 1.807) is 42.5 Å². The number of aromatic amines is 1. The Labute approximate surface area is 188 Å². The molecule has 0 saturated carbocycles. The van der Waals surface area contributed by atoms with E-state index in [1.165, 1.54) is 6.20 Å². The van der Waals surface area contributed by atoms with Gasteiger partial charge in [0, 0.05) is 23.7 Å². The number of aromatic nitrogens is 1. The molecule has 0 fully saturated rings. The largest absolute Gasteiger partial charge is 0.504 e. The number of rotatable bonds is 9. The summed E-state index contributed by atoms with van der Waals surface area (Å²) in [6, 6.07) is 13.8. The molecule has 0 bridgehead atoms. The highest BCUT2D eigenvalue weighted by molar-refractivity contribution is 6.18. The number of furan rings is 1. The number of hydrogen-bond donors (Lipinski definition) is 5. The van der Waals surface area contributed by atoms with E-state index in [1.807, 2.05) is 6.07 Å². The zero-order chi connectivity index (χ0) is 23.5. The van der Waals surface area contributed by atoms with Crippen molar-refractivity contribution in [1.82, 2.24) is 4.98 Å². The molecule has 8 heteroatoms. The van der Waals surface area contributed by atoms with Gasteiger partial charge >= 0.3 is 5.97 Å². The number of fused-ring (bicyclic) bond motifs is 1. The van der Waals surface area contributed by atoms with Gasteiger partial charge in [0.15, 0.2) is 5.75 Å². The number of para-hydroxylation sites is 1. The second kappa shape index (κ2) is 9.32. The number of hydrogen-bond acceptors (Lipinski definition) is 6. The number of ketones is 1. The van der Waals surface area contributed by atoms with Crippen LogP contribution in [0.3, 0.4) is 0 Å². The molecule has 8 nitrogen and oxygen atoms in total. The maximum atomic E-state index is 13.3. The number of H-pyrrole nitrogens is 1. The summed E-state index contributed by atoms with van der Waals surface area (Å²) in [4.78, 5) is 28.1. The summed E-state index contributed by atoms with van der Waals surface area (Å²) < 4.78 is 5.36. The summed E-state index contributed by atoms with van der Waals surface area (Å²) in [6.45, 7) is -0.0948. The van der Waals surface area contributed by atoms with Crippen LogP contribution in [-0.4, -0.2) is 49.9 Å². The highest BCUT2D eigenvalue weighted by Crippen LogP contribution is 2.40. The van der Waals surface area contributed by atoms with E-state index < -0.39 is 35.1 Å². The van der Waals surface area contributed by atoms with Gasteiger partial charge in [-0.2, -0.15) is 0 Å². The number of aliphatic hydroxyl groups is 2. The Morgan fingerprint density at radius 1 is 1.00 bits per heavy atom. The topological polar surface area (TPSA) is 144 Å². The van der Waals surface area contributed by atoms with E-state index >= 15 is 0 Å². The minimum atomic E-state index is -1.40. The molecule has 170 valence electrons. The van der Waals surface area contributed by atoms with E-state index in [-0.39, 0.29) is 24.2 Å². The third-order valence-electron chi connectivity index (χ3n) is 5.60. The third-order valence-corrected chi connectivity index (χ3v) is 5.60. The van der Waals surface area contributed by atoms with Crippen molar-refractivity contribution < 1.29 is 34.4 Å². The van der Waals surface area contributed by atoms with E-state index in [9.17, 15) is 24.9 Å². The van der Waals surface area contributed by atoms with Crippen LogP contribution < -0.4 is 0 Å². The van der Waals surface area contributed by atoms with Gasteiger partial charge in [-0.05, 0) is 30.4 Å². The SMILES string of the molecule is O=C(O)c1oc(C(=O)c2c[nH]c3c(CCC(O)CCO)cccc23)c(O)c1-c1ccccc1. The fourth-order valence-corrected chi connectivity index (χ4v) is 3.95. The smallest absolute Gasteiger partial charge is 0.372 e. The molecule has 0 amide bonds. The molecule has 33 heavy (non-hydrogen) atoms. The van der Waals surface area contributed by atoms with Gasteiger partial charge in [-0.1, -0.05) is 48.5 Å². The molecular weight excluding hydrogens is 426 g/mol. The lowest BCUT2D eigenvalue weighted by molar-refractivity contribution is 0.0661. The summed E-state index contributed by atoms with van der Waals surface area (Å²) in [6.07, 6.45) is 2.12. The standard InChI is InChI=1S/C25H23NO7/c27-12-11-16(28)10-9-15-7-4-8-17-18(13-26-20(15)17)21(29)24-22(30)19(23(33-24)25(31)32)14-5-2-1-3-6-14/h1-8,13,16,26-28,30H,9-12H2,(H,31,32). The third kappa shape index (κ3) is 4.26. The van der Waals surface area contributed by atoms with Gasteiger partial charge in [-0.25, -0.2) is 4.79 Å². The molecule has 2 heterocycles. The lowest BCUT2D eigenvalue weighted by atomic mass is 9.99. The van der Waals surface area contributed by atoms with Crippen LogP contribution in [0.1, 0.15) is 45.1 Å². The van der Waals surface area contributed by atoms with Crippen molar-refractivity contribution in [2.75, 3.05) is 6.61 Å². The number of carboxylic acids is 1. The molecular formula is C25H23NO7. The second-order valence-corrected chi connectivity index (χ2v) is 7.73. The highest BCUT2D eigenvalue weighted by atomic mass is 16.4. The van der Waals surface area contributed by atoms with Crippen LogP contribution in [0.25, 0.3) is 22.0 Å². The van der Waals surface area contributed by atoms with Crippen molar-refractivity contribution in [2.24, 2.45) is 0 Å². The maximum Gasteiger partial charge on any atom is 0.372 e. The number of carboxylic acid groups (broad SMARTS) is 1. The van der Waals surface area contributed by atoms with E-state index in [0.717, 1.165) is 5.56 Å². The van der Waals surface area contributed by atoms with E-state index in [4.69, 9.17) is 9.52 Å². The Balaban J connectivity index is 1.73. The van der Waals surface area contributed by atoms with Gasteiger partial charge in [0.1, 0.15) is 0 Å². The molecule has 0 aliphatic carbocycles. The van der Waals surface area contributed by atoms with Gasteiger partial charge in [0.25, 0.3) is 0 Å². The van der Waals surface area contributed by atoms with Crippen LogP contribution in [0.5, 0.6) is 5.75 Å². The predicted molar refractivity (Wildman–Crippen MR) is 121 cm³/mol. The fraction of sp³-hybridized carbons (Fsp3) is 0.200. The van der Waals surface area contributed by atoms with Crippen molar-refractivity contribution in [3.05, 3.63) is 77.4 Å². The monoisotopic (exact) mass is 449 g/mol. The number of aliphatic hydroxyl groups excluding tert-OH is 2. The van der Waals surface area contributed by atoms with Gasteiger partial charge in [-0.15, -0.1) is 0 Å². The first-order valence-electron chi connectivity index (χ1n) is 10.5. The summed E-state index contributed by atoms with van der Waals surface area (Å²) in [5.41, 5.74) is 2.17. The van der Waals surface area contributed by atoms with Crippen LogP contribution in [0.2, 0.25) is 0 Å². The number of carbonyl (C=O) groups is 2. The lowest BCUT2D eigenvalue weighted by Gasteiger charge is -2.09. The summed E-state index contributed by atoms with van der Waals surface area (Å²) >= 11 is 0. The molecule has 0 spiro atoms. The number of aromatic hydroxyl groups is 1. The maximum absolute atomic E-state index is 13.3. The molecule has 4 rings (SSSR count). The summed E-state index contributed by atoms with van der Waals surface area (Å²) in [5.74, 6) is -3.54. The molecule has 0 radical (unpaired) electrons. The van der Waals surface area contributed by atoms with Crippen molar-refractivity contribution in [2.45, 2.75) is 25.4 Å². The zero-order valence-corrected chi connectivity index (χ0v) is 17.6. The number of carbonyl (C=O) groups excluding carboxylic acids is 1. The van der Waals surface area contributed by atoms with E-state index in [2.05, 4.69) is 4.98 Å². The summed E-state index contributed by atoms with van der Waals surface area (Å²) in [7, 11) is 0. The first-order chi connectivity index (χ1) is 15.9. The highest BCUT2D eigenvalue weighted by Gasteiger charge is 2.31. The van der Waals surface area contributed by atoms with Gasteiger partial charge in [-0.3, -0.25) is 4.79 Å². The Bertz CT molecular complexity index is 1300. The lowest BCUT2D eigenvalue weighted by Crippen LogP contribution is -2.10. The first-order valence-corrected chi connectivity index (χ1v) is 10.5. The van der Waals surface area contributed by atoms with Gasteiger partial charge < -0.3 is 29.8 Å². The molecule has 4 aromatic rings. The van der Waals surface area contributed by atoms with Crippen molar-refractivity contribution in [3.63, 3.8) is 0 Å². The molecule has 2 aromatic carbocycles.